The van der Waals surface area contributed by atoms with E-state index in [1.807, 2.05) is 0 Å². The number of H-pyrrole nitrogens is 1. The van der Waals surface area contributed by atoms with Crippen LogP contribution >= 0.6 is 0 Å². The molecule has 0 bridgehead atoms. The van der Waals surface area contributed by atoms with Crippen molar-refractivity contribution in [1.82, 2.24) is 15.2 Å². The molecule has 0 saturated heterocycles. The molecule has 12 heteroatoms. The third-order valence-corrected chi connectivity index (χ3v) is 6.22. The van der Waals surface area contributed by atoms with E-state index in [0.29, 0.717) is 23.9 Å². The fourth-order valence-corrected chi connectivity index (χ4v) is 4.14. The molecule has 2 heterocycles. The molecule has 0 atom stereocenters. The molecule has 0 spiro atoms. The molecule has 1 fully saturated rings. The van der Waals surface area contributed by atoms with Gasteiger partial charge in [-0.1, -0.05) is 0 Å². The van der Waals surface area contributed by atoms with Crippen LogP contribution in [-0.4, -0.2) is 41.9 Å². The number of carbonyl (C=O) groups excluding carboxylic acids is 1. The standard InChI is InChI=1S/C17H15F2N5O4S/c1-28-17-10-6-8(7-20-15(10)22-23-17)21-16(25)13-11(18)4-5-12(14(13)19)24-29(26,27)9-2-3-9/h4-7,9,24H,2-3H2,1H3,(H,21,25)(H,20,22,23). The molecule has 2 aromatic heterocycles. The van der Waals surface area contributed by atoms with Gasteiger partial charge < -0.3 is 10.1 Å². The second-order valence-corrected chi connectivity index (χ2v) is 8.40. The maximum atomic E-state index is 14.7. The number of anilines is 2. The molecular weight excluding hydrogens is 408 g/mol. The van der Waals surface area contributed by atoms with Gasteiger partial charge in [-0.15, -0.1) is 5.10 Å². The predicted molar refractivity (Wildman–Crippen MR) is 100 cm³/mol. The minimum Gasteiger partial charge on any atom is -0.479 e. The highest BCUT2D eigenvalue weighted by Crippen LogP contribution is 2.31. The number of hydrogen-bond acceptors (Lipinski definition) is 6. The summed E-state index contributed by atoms with van der Waals surface area (Å²) < 4.78 is 60.1. The van der Waals surface area contributed by atoms with E-state index in [0.717, 1.165) is 12.1 Å². The Morgan fingerprint density at radius 2 is 2.07 bits per heavy atom. The van der Waals surface area contributed by atoms with Crippen molar-refractivity contribution >= 4 is 38.3 Å². The van der Waals surface area contributed by atoms with Gasteiger partial charge in [0.05, 0.1) is 35.3 Å². The van der Waals surface area contributed by atoms with Gasteiger partial charge in [0.1, 0.15) is 11.4 Å². The minimum absolute atomic E-state index is 0.143. The maximum absolute atomic E-state index is 14.7. The number of hydrogen-bond donors (Lipinski definition) is 3. The summed E-state index contributed by atoms with van der Waals surface area (Å²) in [5, 5.41) is 8.70. The average molecular weight is 423 g/mol. The molecule has 3 aromatic rings. The number of carbonyl (C=O) groups is 1. The zero-order valence-corrected chi connectivity index (χ0v) is 15.8. The Labute approximate surface area is 163 Å². The van der Waals surface area contributed by atoms with E-state index in [2.05, 4.69) is 25.2 Å². The highest BCUT2D eigenvalue weighted by molar-refractivity contribution is 7.93. The third-order valence-electron chi connectivity index (χ3n) is 4.37. The number of fused-ring (bicyclic) bond motifs is 1. The first-order valence-corrected chi connectivity index (χ1v) is 10.0. The van der Waals surface area contributed by atoms with Crippen LogP contribution in [0.1, 0.15) is 23.2 Å². The zero-order chi connectivity index (χ0) is 20.8. The van der Waals surface area contributed by atoms with E-state index in [4.69, 9.17) is 4.74 Å². The van der Waals surface area contributed by atoms with Gasteiger partial charge >= 0.3 is 0 Å². The number of nitrogens with one attached hydrogen (secondary N) is 3. The van der Waals surface area contributed by atoms with E-state index in [1.54, 1.807) is 0 Å². The van der Waals surface area contributed by atoms with Gasteiger partial charge in [-0.05, 0) is 31.0 Å². The van der Waals surface area contributed by atoms with Crippen LogP contribution in [0.4, 0.5) is 20.2 Å². The first kappa shape index (κ1) is 19.1. The van der Waals surface area contributed by atoms with Gasteiger partial charge in [0.2, 0.25) is 15.9 Å². The lowest BCUT2D eigenvalue weighted by Gasteiger charge is -2.12. The quantitative estimate of drug-likeness (QED) is 0.559. The highest BCUT2D eigenvalue weighted by atomic mass is 32.2. The van der Waals surface area contributed by atoms with E-state index in [9.17, 15) is 22.0 Å². The monoisotopic (exact) mass is 423 g/mol. The topological polar surface area (TPSA) is 126 Å². The number of methoxy groups -OCH3 is 1. The first-order valence-electron chi connectivity index (χ1n) is 8.49. The highest BCUT2D eigenvalue weighted by Gasteiger charge is 2.36. The van der Waals surface area contributed by atoms with Crippen molar-refractivity contribution in [2.24, 2.45) is 0 Å². The molecule has 152 valence electrons. The number of halogens is 2. The summed E-state index contributed by atoms with van der Waals surface area (Å²) in [7, 11) is -2.38. The van der Waals surface area contributed by atoms with E-state index < -0.39 is 44.1 Å². The van der Waals surface area contributed by atoms with Crippen LogP contribution < -0.4 is 14.8 Å². The number of amides is 1. The summed E-state index contributed by atoms with van der Waals surface area (Å²) in [6.07, 6.45) is 2.21. The fourth-order valence-electron chi connectivity index (χ4n) is 2.75. The van der Waals surface area contributed by atoms with E-state index >= 15 is 0 Å². The van der Waals surface area contributed by atoms with Crippen molar-refractivity contribution in [3.8, 4) is 5.88 Å². The largest absolute Gasteiger partial charge is 0.479 e. The van der Waals surface area contributed by atoms with Crippen LogP contribution in [0, 0.1) is 11.6 Å². The Morgan fingerprint density at radius 3 is 2.76 bits per heavy atom. The fraction of sp³-hybridized carbons (Fsp3) is 0.235. The van der Waals surface area contributed by atoms with Crippen molar-refractivity contribution < 1.29 is 26.7 Å². The zero-order valence-electron chi connectivity index (χ0n) is 15.0. The number of sulfonamides is 1. The van der Waals surface area contributed by atoms with E-state index in [-0.39, 0.29) is 11.6 Å². The second-order valence-electron chi connectivity index (χ2n) is 6.44. The van der Waals surface area contributed by atoms with Crippen LogP contribution in [0.5, 0.6) is 5.88 Å². The summed E-state index contributed by atoms with van der Waals surface area (Å²) in [5.41, 5.74) is -0.868. The summed E-state index contributed by atoms with van der Waals surface area (Å²) in [6, 6.07) is 3.23. The van der Waals surface area contributed by atoms with Gasteiger partial charge in [-0.25, -0.2) is 22.2 Å². The number of rotatable bonds is 6. The summed E-state index contributed by atoms with van der Waals surface area (Å²) in [5.74, 6) is -3.31. The van der Waals surface area contributed by atoms with Crippen LogP contribution in [0.15, 0.2) is 24.4 Å². The molecule has 1 saturated carbocycles. The number of nitrogens with zero attached hydrogens (tertiary/aromatic N) is 2. The number of ether oxygens (including phenoxy) is 1. The Hall–Kier alpha value is -3.28. The minimum atomic E-state index is -3.78. The van der Waals surface area contributed by atoms with E-state index in [1.165, 1.54) is 19.4 Å². The van der Waals surface area contributed by atoms with Crippen molar-refractivity contribution in [1.29, 1.82) is 0 Å². The van der Waals surface area contributed by atoms with Gasteiger partial charge in [-0.3, -0.25) is 14.6 Å². The van der Waals surface area contributed by atoms with Gasteiger partial charge in [0.25, 0.3) is 5.91 Å². The van der Waals surface area contributed by atoms with Crippen LogP contribution in [0.2, 0.25) is 0 Å². The van der Waals surface area contributed by atoms with Crippen LogP contribution in [-0.2, 0) is 10.0 Å². The smallest absolute Gasteiger partial charge is 0.261 e. The third kappa shape index (κ3) is 3.58. The number of aromatic amines is 1. The second kappa shape index (κ2) is 6.95. The predicted octanol–water partition coefficient (Wildman–Crippen LogP) is 2.40. The van der Waals surface area contributed by atoms with Gasteiger partial charge in [0.15, 0.2) is 11.5 Å². The van der Waals surface area contributed by atoms with Crippen LogP contribution in [0.25, 0.3) is 11.0 Å². The molecule has 1 aliphatic rings. The summed E-state index contributed by atoms with van der Waals surface area (Å²) in [6.45, 7) is 0. The van der Waals surface area contributed by atoms with Crippen molar-refractivity contribution in [2.75, 3.05) is 17.1 Å². The molecule has 1 aromatic carbocycles. The Balaban J connectivity index is 1.63. The average Bonchev–Trinajstić information content (AvgIpc) is 3.46. The molecule has 1 aliphatic carbocycles. The molecule has 1 amide bonds. The maximum Gasteiger partial charge on any atom is 0.261 e. The summed E-state index contributed by atoms with van der Waals surface area (Å²) in [4.78, 5) is 16.5. The Bertz CT molecular complexity index is 1220. The molecule has 9 nitrogen and oxygen atoms in total. The first-order chi connectivity index (χ1) is 13.8. The van der Waals surface area contributed by atoms with Crippen molar-refractivity contribution in [3.63, 3.8) is 0 Å². The van der Waals surface area contributed by atoms with Crippen molar-refractivity contribution in [2.45, 2.75) is 18.1 Å². The van der Waals surface area contributed by atoms with Crippen molar-refractivity contribution in [3.05, 3.63) is 41.6 Å². The molecular formula is C17H15F2N5O4S. The van der Waals surface area contributed by atoms with Gasteiger partial charge in [-0.2, -0.15) is 0 Å². The molecule has 3 N–H and O–H groups in total. The SMILES string of the molecule is COc1n[nH]c2ncc(NC(=O)c3c(F)ccc(NS(=O)(=O)C4CC4)c3F)cc12. The number of benzene rings is 1. The molecule has 0 unspecified atom stereocenters. The van der Waals surface area contributed by atoms with Crippen LogP contribution in [0.3, 0.4) is 0 Å². The summed E-state index contributed by atoms with van der Waals surface area (Å²) >= 11 is 0. The molecule has 29 heavy (non-hydrogen) atoms. The Kier molecular flexibility index (Phi) is 4.57. The molecule has 0 aliphatic heterocycles. The normalized spacial score (nSPS) is 14.0. The molecule has 4 rings (SSSR count). The lowest BCUT2D eigenvalue weighted by Crippen LogP contribution is -2.21. The number of aromatic nitrogens is 3. The Morgan fingerprint density at radius 1 is 1.31 bits per heavy atom. The van der Waals surface area contributed by atoms with Gasteiger partial charge in [0, 0.05) is 0 Å². The lowest BCUT2D eigenvalue weighted by atomic mass is 10.1. The number of pyridine rings is 1. The molecule has 0 radical (unpaired) electrons. The lowest BCUT2D eigenvalue weighted by molar-refractivity contribution is 0.101.